The van der Waals surface area contributed by atoms with Gasteiger partial charge in [-0.05, 0) is 52.3 Å². The molecule has 1 N–H and O–H groups in total. The molecule has 1 fully saturated rings. The van der Waals surface area contributed by atoms with Crippen LogP contribution in [0.1, 0.15) is 16.1 Å². The quantitative estimate of drug-likeness (QED) is 0.408. The summed E-state index contributed by atoms with van der Waals surface area (Å²) < 4.78 is 6.08. The number of furan rings is 1. The van der Waals surface area contributed by atoms with Crippen LogP contribution in [0.2, 0.25) is 0 Å². The number of rotatable bonds is 6. The molecule has 2 heterocycles. The topological polar surface area (TPSA) is 91.9 Å². The molecule has 1 aliphatic rings. The summed E-state index contributed by atoms with van der Waals surface area (Å²) in [6.07, 6.45) is 1.57. The molecule has 0 spiro atoms. The number of nitrogens with zero attached hydrogens (tertiary/aromatic N) is 3. The van der Waals surface area contributed by atoms with Crippen LogP contribution in [0, 0.1) is 10.1 Å². The first-order valence-corrected chi connectivity index (χ1v) is 10.7. The van der Waals surface area contributed by atoms with Gasteiger partial charge in [-0.15, -0.1) is 0 Å². The summed E-state index contributed by atoms with van der Waals surface area (Å²) in [4.78, 5) is 27.8. The van der Waals surface area contributed by atoms with E-state index in [0.29, 0.717) is 49.7 Å². The van der Waals surface area contributed by atoms with E-state index in [1.54, 1.807) is 24.5 Å². The van der Waals surface area contributed by atoms with E-state index in [9.17, 15) is 14.9 Å². The smallest absolute Gasteiger partial charge is 0.292 e. The Morgan fingerprint density at radius 1 is 1.10 bits per heavy atom. The number of hydrogen-bond acceptors (Lipinski definition) is 6. The van der Waals surface area contributed by atoms with Crippen molar-refractivity contribution in [2.24, 2.45) is 0 Å². The summed E-state index contributed by atoms with van der Waals surface area (Å²) in [7, 11) is 0. The number of carbonyl (C=O) groups excluding carboxylic acids is 1. The number of carbonyl (C=O) groups is 1. The molecule has 0 aliphatic carbocycles. The Labute approximate surface area is 187 Å². The summed E-state index contributed by atoms with van der Waals surface area (Å²) in [5, 5.41) is 14.5. The fourth-order valence-corrected chi connectivity index (χ4v) is 4.04. The number of nitro benzene ring substituents is 1. The van der Waals surface area contributed by atoms with Gasteiger partial charge in [0.05, 0.1) is 23.3 Å². The Morgan fingerprint density at radius 2 is 1.87 bits per heavy atom. The maximum atomic E-state index is 12.8. The third-order valence-electron chi connectivity index (χ3n) is 5.25. The predicted molar refractivity (Wildman–Crippen MR) is 121 cm³/mol. The first kappa shape index (κ1) is 20.9. The number of nitro groups is 1. The van der Waals surface area contributed by atoms with Gasteiger partial charge in [-0.25, -0.2) is 0 Å². The Bertz CT molecular complexity index is 1080. The van der Waals surface area contributed by atoms with Crippen molar-refractivity contribution in [3.63, 3.8) is 0 Å². The summed E-state index contributed by atoms with van der Waals surface area (Å²) in [6.45, 7) is 2.79. The lowest BCUT2D eigenvalue weighted by atomic mass is 10.1. The first-order chi connectivity index (χ1) is 15.0. The van der Waals surface area contributed by atoms with E-state index in [4.69, 9.17) is 4.42 Å². The zero-order chi connectivity index (χ0) is 21.8. The molecule has 1 aliphatic heterocycles. The first-order valence-electron chi connectivity index (χ1n) is 9.86. The highest BCUT2D eigenvalue weighted by molar-refractivity contribution is 9.10. The molecule has 4 rings (SSSR count). The Balaban J connectivity index is 1.45. The lowest BCUT2D eigenvalue weighted by Gasteiger charge is -2.36. The molecule has 0 saturated carbocycles. The Morgan fingerprint density at radius 3 is 2.55 bits per heavy atom. The van der Waals surface area contributed by atoms with Gasteiger partial charge in [0, 0.05) is 42.4 Å². The van der Waals surface area contributed by atoms with Crippen molar-refractivity contribution in [3.8, 4) is 0 Å². The van der Waals surface area contributed by atoms with Crippen LogP contribution in [0.3, 0.4) is 0 Å². The molecule has 9 heteroatoms. The highest BCUT2D eigenvalue weighted by Gasteiger charge is 2.24. The molecule has 8 nitrogen and oxygen atoms in total. The van der Waals surface area contributed by atoms with Gasteiger partial charge >= 0.3 is 0 Å². The fraction of sp³-hybridized carbons (Fsp3) is 0.227. The van der Waals surface area contributed by atoms with Gasteiger partial charge in [0.1, 0.15) is 11.4 Å². The van der Waals surface area contributed by atoms with E-state index >= 15 is 0 Å². The van der Waals surface area contributed by atoms with Crippen LogP contribution < -0.4 is 10.2 Å². The Kier molecular flexibility index (Phi) is 6.22. The maximum absolute atomic E-state index is 12.8. The van der Waals surface area contributed by atoms with Crippen molar-refractivity contribution >= 4 is 38.9 Å². The van der Waals surface area contributed by atoms with Gasteiger partial charge in [-0.1, -0.05) is 12.1 Å². The number of nitrogens with one attached hydrogen (secondary N) is 1. The monoisotopic (exact) mass is 484 g/mol. The molecule has 0 radical (unpaired) electrons. The summed E-state index contributed by atoms with van der Waals surface area (Å²) >= 11 is 3.44. The zero-order valence-electron chi connectivity index (χ0n) is 16.7. The molecular weight excluding hydrogens is 464 g/mol. The number of anilines is 2. The van der Waals surface area contributed by atoms with E-state index in [1.807, 2.05) is 35.2 Å². The molecule has 1 amide bonds. The van der Waals surface area contributed by atoms with Crippen LogP contribution in [0.4, 0.5) is 17.1 Å². The molecule has 1 aromatic heterocycles. The molecule has 0 atom stereocenters. The second-order valence-electron chi connectivity index (χ2n) is 7.15. The molecule has 0 unspecified atom stereocenters. The maximum Gasteiger partial charge on any atom is 0.292 e. The van der Waals surface area contributed by atoms with Gasteiger partial charge in [-0.3, -0.25) is 14.9 Å². The third-order valence-corrected chi connectivity index (χ3v) is 5.94. The van der Waals surface area contributed by atoms with Crippen LogP contribution in [-0.2, 0) is 6.54 Å². The van der Waals surface area contributed by atoms with E-state index in [2.05, 4.69) is 26.1 Å². The third kappa shape index (κ3) is 4.72. The molecule has 0 bridgehead atoms. The minimum atomic E-state index is -0.400. The number of halogens is 1. The minimum Gasteiger partial charge on any atom is -0.467 e. The standard InChI is InChI=1S/C22H21BrN4O4/c23-19-6-2-1-5-18(19)22(28)26-11-9-25(10-12-26)16-7-8-21(27(29)30)20(14-16)24-15-17-4-3-13-31-17/h1-8,13-14,24H,9-12,15H2. The van der Waals surface area contributed by atoms with E-state index in [-0.39, 0.29) is 11.6 Å². The largest absolute Gasteiger partial charge is 0.467 e. The Hall–Kier alpha value is -3.33. The van der Waals surface area contributed by atoms with Gasteiger partial charge in [0.25, 0.3) is 11.6 Å². The summed E-state index contributed by atoms with van der Waals surface area (Å²) in [5.41, 5.74) is 1.97. The van der Waals surface area contributed by atoms with Crippen LogP contribution in [0.15, 0.2) is 69.8 Å². The summed E-state index contributed by atoms with van der Waals surface area (Å²) in [5.74, 6) is 0.690. The number of piperazine rings is 1. The second kappa shape index (κ2) is 9.22. The molecule has 31 heavy (non-hydrogen) atoms. The second-order valence-corrected chi connectivity index (χ2v) is 8.00. The van der Waals surface area contributed by atoms with Crippen molar-refractivity contribution in [1.29, 1.82) is 0 Å². The molecule has 1 saturated heterocycles. The van der Waals surface area contributed by atoms with Crippen molar-refractivity contribution in [2.45, 2.75) is 6.54 Å². The zero-order valence-corrected chi connectivity index (χ0v) is 18.2. The molecule has 2 aromatic carbocycles. The highest BCUT2D eigenvalue weighted by Crippen LogP contribution is 2.31. The summed E-state index contributed by atoms with van der Waals surface area (Å²) in [6, 6.07) is 16.0. The number of benzene rings is 2. The van der Waals surface area contributed by atoms with Crippen LogP contribution in [0.5, 0.6) is 0 Å². The van der Waals surface area contributed by atoms with Crippen molar-refractivity contribution < 1.29 is 14.1 Å². The average Bonchev–Trinajstić information content (AvgIpc) is 3.31. The van der Waals surface area contributed by atoms with Gasteiger partial charge < -0.3 is 19.5 Å². The average molecular weight is 485 g/mol. The highest BCUT2D eigenvalue weighted by atomic mass is 79.9. The predicted octanol–water partition coefficient (Wildman–Crippen LogP) is 4.52. The van der Waals surface area contributed by atoms with Crippen molar-refractivity contribution in [1.82, 2.24) is 4.90 Å². The van der Waals surface area contributed by atoms with E-state index in [0.717, 1.165) is 10.2 Å². The fourth-order valence-electron chi connectivity index (χ4n) is 3.59. The number of amides is 1. The number of hydrogen-bond donors (Lipinski definition) is 1. The molecule has 3 aromatic rings. The minimum absolute atomic E-state index is 0.00312. The SMILES string of the molecule is O=C(c1ccccc1Br)N1CCN(c2ccc([N+](=O)[O-])c(NCc3ccco3)c2)CC1. The normalized spacial score (nSPS) is 13.8. The van der Waals surface area contributed by atoms with Gasteiger partial charge in [-0.2, -0.15) is 0 Å². The van der Waals surface area contributed by atoms with Crippen LogP contribution in [-0.4, -0.2) is 41.9 Å². The lowest BCUT2D eigenvalue weighted by molar-refractivity contribution is -0.384. The molecule has 160 valence electrons. The van der Waals surface area contributed by atoms with Crippen LogP contribution >= 0.6 is 15.9 Å². The van der Waals surface area contributed by atoms with Crippen LogP contribution in [0.25, 0.3) is 0 Å². The van der Waals surface area contributed by atoms with Crippen molar-refractivity contribution in [3.05, 3.63) is 86.8 Å². The van der Waals surface area contributed by atoms with Gasteiger partial charge in [0.2, 0.25) is 0 Å². The lowest BCUT2D eigenvalue weighted by Crippen LogP contribution is -2.48. The van der Waals surface area contributed by atoms with E-state index in [1.165, 1.54) is 6.07 Å². The van der Waals surface area contributed by atoms with E-state index < -0.39 is 4.92 Å². The van der Waals surface area contributed by atoms with Gasteiger partial charge in [0.15, 0.2) is 0 Å². The molecular formula is C22H21BrN4O4. The van der Waals surface area contributed by atoms with Crippen molar-refractivity contribution in [2.75, 3.05) is 36.4 Å².